The average Bonchev–Trinajstić information content (AvgIpc) is 2.98. The number of benzene rings is 1. The number of fused-ring (bicyclic) bond motifs is 1. The summed E-state index contributed by atoms with van der Waals surface area (Å²) in [6, 6.07) is 5.54. The summed E-state index contributed by atoms with van der Waals surface area (Å²) < 4.78 is 1.01. The summed E-state index contributed by atoms with van der Waals surface area (Å²) in [5.41, 5.74) is 1.61. The van der Waals surface area contributed by atoms with Crippen LogP contribution in [0.25, 0.3) is 10.2 Å². The van der Waals surface area contributed by atoms with Crippen molar-refractivity contribution >= 4 is 45.0 Å². The first-order valence-electron chi connectivity index (χ1n) is 7.03. The number of hydrogen-bond acceptors (Lipinski definition) is 5. The van der Waals surface area contributed by atoms with Gasteiger partial charge in [0.1, 0.15) is 0 Å². The molecule has 0 unspecified atom stereocenters. The van der Waals surface area contributed by atoms with Crippen LogP contribution in [0.3, 0.4) is 0 Å². The minimum atomic E-state index is -0.215. The van der Waals surface area contributed by atoms with Gasteiger partial charge in [0.05, 0.1) is 15.2 Å². The average molecular weight is 317 g/mol. The van der Waals surface area contributed by atoms with Crippen molar-refractivity contribution in [2.75, 3.05) is 11.9 Å². The molecule has 22 heavy (non-hydrogen) atoms. The molecule has 2 aromatic rings. The fourth-order valence-electron chi connectivity index (χ4n) is 2.43. The molecular formula is C15H15N3O3S. The Labute approximate surface area is 131 Å². The van der Waals surface area contributed by atoms with Crippen molar-refractivity contribution in [3.8, 4) is 0 Å². The number of carbonyl (C=O) groups is 3. The molecule has 1 aromatic heterocycles. The van der Waals surface area contributed by atoms with Crippen LogP contribution < -0.4 is 5.32 Å². The number of imide groups is 1. The summed E-state index contributed by atoms with van der Waals surface area (Å²) in [6.07, 6.45) is 0.612. The van der Waals surface area contributed by atoms with Gasteiger partial charge in [0.15, 0.2) is 0 Å². The van der Waals surface area contributed by atoms with Crippen LogP contribution in [0.1, 0.15) is 24.3 Å². The quantitative estimate of drug-likeness (QED) is 0.876. The van der Waals surface area contributed by atoms with Crippen molar-refractivity contribution in [1.82, 2.24) is 9.88 Å². The Morgan fingerprint density at radius 1 is 1.32 bits per heavy atom. The number of aryl methyl sites for hydroxylation is 1. The van der Waals surface area contributed by atoms with E-state index in [4.69, 9.17) is 0 Å². The molecule has 3 amide bonds. The van der Waals surface area contributed by atoms with Crippen LogP contribution in [0.15, 0.2) is 18.2 Å². The molecule has 7 heteroatoms. The lowest BCUT2D eigenvalue weighted by atomic mass is 10.3. The standard InChI is InChI=1S/C15H15N3O3S/c1-9-16-11-3-2-10(8-12(11)22-9)17-13(19)6-7-18-14(20)4-5-15(18)21/h2-3,8H,4-7H2,1H3,(H,17,19). The molecule has 1 fully saturated rings. The topological polar surface area (TPSA) is 79.4 Å². The van der Waals surface area contributed by atoms with E-state index >= 15 is 0 Å². The smallest absolute Gasteiger partial charge is 0.229 e. The third kappa shape index (κ3) is 2.99. The molecular weight excluding hydrogens is 302 g/mol. The number of nitrogens with zero attached hydrogens (tertiary/aromatic N) is 2. The highest BCUT2D eigenvalue weighted by Gasteiger charge is 2.28. The summed E-state index contributed by atoms with van der Waals surface area (Å²) in [6.45, 7) is 2.08. The second kappa shape index (κ2) is 5.84. The number of likely N-dealkylation sites (tertiary alicyclic amines) is 1. The highest BCUT2D eigenvalue weighted by atomic mass is 32.1. The van der Waals surface area contributed by atoms with Crippen LogP contribution in [0.4, 0.5) is 5.69 Å². The monoisotopic (exact) mass is 317 g/mol. The van der Waals surface area contributed by atoms with E-state index < -0.39 is 0 Å². The first-order valence-corrected chi connectivity index (χ1v) is 7.85. The number of anilines is 1. The molecule has 0 spiro atoms. The zero-order valence-corrected chi connectivity index (χ0v) is 12.9. The third-order valence-electron chi connectivity index (χ3n) is 3.50. The molecule has 0 radical (unpaired) electrons. The zero-order valence-electron chi connectivity index (χ0n) is 12.1. The molecule has 1 N–H and O–H groups in total. The highest BCUT2D eigenvalue weighted by Crippen LogP contribution is 2.24. The molecule has 0 bridgehead atoms. The molecule has 1 aliphatic rings. The lowest BCUT2D eigenvalue weighted by Crippen LogP contribution is -2.32. The van der Waals surface area contributed by atoms with Gasteiger partial charge in [-0.15, -0.1) is 11.3 Å². The van der Waals surface area contributed by atoms with Gasteiger partial charge in [0.2, 0.25) is 17.7 Å². The highest BCUT2D eigenvalue weighted by molar-refractivity contribution is 7.18. The minimum absolute atomic E-state index is 0.108. The van der Waals surface area contributed by atoms with Crippen LogP contribution in [-0.2, 0) is 14.4 Å². The number of amides is 3. The summed E-state index contributed by atoms with van der Waals surface area (Å²) in [4.78, 5) is 40.4. The van der Waals surface area contributed by atoms with Crippen molar-refractivity contribution in [3.63, 3.8) is 0 Å². The van der Waals surface area contributed by atoms with E-state index in [2.05, 4.69) is 10.3 Å². The number of hydrogen-bond donors (Lipinski definition) is 1. The molecule has 1 aromatic carbocycles. The van der Waals surface area contributed by atoms with Gasteiger partial charge in [-0.05, 0) is 25.1 Å². The molecule has 0 saturated carbocycles. The third-order valence-corrected chi connectivity index (χ3v) is 4.43. The van der Waals surface area contributed by atoms with Gasteiger partial charge in [-0.3, -0.25) is 19.3 Å². The van der Waals surface area contributed by atoms with Gasteiger partial charge < -0.3 is 5.32 Å². The van der Waals surface area contributed by atoms with Crippen LogP contribution in [-0.4, -0.2) is 34.2 Å². The first-order chi connectivity index (χ1) is 10.5. The minimum Gasteiger partial charge on any atom is -0.326 e. The first kappa shape index (κ1) is 14.6. The van der Waals surface area contributed by atoms with Crippen molar-refractivity contribution in [2.24, 2.45) is 0 Å². The number of rotatable bonds is 4. The molecule has 6 nitrogen and oxygen atoms in total. The fourth-order valence-corrected chi connectivity index (χ4v) is 3.29. The summed E-state index contributed by atoms with van der Waals surface area (Å²) in [5, 5.41) is 3.76. The van der Waals surface area contributed by atoms with Gasteiger partial charge in [0, 0.05) is 31.5 Å². The summed E-state index contributed by atoms with van der Waals surface area (Å²) >= 11 is 1.57. The van der Waals surface area contributed by atoms with E-state index in [0.717, 1.165) is 20.1 Å². The number of nitrogens with one attached hydrogen (secondary N) is 1. The Balaban J connectivity index is 1.60. The lowest BCUT2D eigenvalue weighted by molar-refractivity contribution is -0.138. The predicted molar refractivity (Wildman–Crippen MR) is 83.6 cm³/mol. The Morgan fingerprint density at radius 2 is 2.05 bits per heavy atom. The Bertz CT molecular complexity index is 752. The van der Waals surface area contributed by atoms with Gasteiger partial charge in [0.25, 0.3) is 0 Å². The Kier molecular flexibility index (Phi) is 3.89. The van der Waals surface area contributed by atoms with E-state index in [1.54, 1.807) is 17.4 Å². The van der Waals surface area contributed by atoms with Crippen LogP contribution in [0, 0.1) is 6.92 Å². The molecule has 0 atom stereocenters. The fraction of sp³-hybridized carbons (Fsp3) is 0.333. The number of aromatic nitrogens is 1. The molecule has 3 rings (SSSR count). The maximum absolute atomic E-state index is 12.0. The van der Waals surface area contributed by atoms with Crippen LogP contribution in [0.2, 0.25) is 0 Å². The van der Waals surface area contributed by atoms with Crippen LogP contribution >= 0.6 is 11.3 Å². The zero-order chi connectivity index (χ0) is 15.7. The van der Waals surface area contributed by atoms with E-state index in [-0.39, 0.29) is 43.5 Å². The Hall–Kier alpha value is -2.28. The van der Waals surface area contributed by atoms with E-state index in [1.165, 1.54) is 0 Å². The van der Waals surface area contributed by atoms with Gasteiger partial charge >= 0.3 is 0 Å². The lowest BCUT2D eigenvalue weighted by Gasteiger charge is -2.13. The molecule has 1 aliphatic heterocycles. The van der Waals surface area contributed by atoms with E-state index in [1.807, 2.05) is 19.1 Å². The van der Waals surface area contributed by atoms with E-state index in [0.29, 0.717) is 5.69 Å². The largest absolute Gasteiger partial charge is 0.326 e. The van der Waals surface area contributed by atoms with Crippen molar-refractivity contribution in [1.29, 1.82) is 0 Å². The van der Waals surface area contributed by atoms with Gasteiger partial charge in [-0.2, -0.15) is 0 Å². The van der Waals surface area contributed by atoms with Crippen molar-refractivity contribution in [3.05, 3.63) is 23.2 Å². The normalized spacial score (nSPS) is 14.9. The van der Waals surface area contributed by atoms with Gasteiger partial charge in [-0.1, -0.05) is 0 Å². The van der Waals surface area contributed by atoms with Crippen molar-refractivity contribution in [2.45, 2.75) is 26.2 Å². The Morgan fingerprint density at radius 3 is 2.77 bits per heavy atom. The molecule has 1 saturated heterocycles. The summed E-state index contributed by atoms with van der Waals surface area (Å²) in [7, 11) is 0. The SMILES string of the molecule is Cc1nc2ccc(NC(=O)CCN3C(=O)CCC3=O)cc2s1. The number of carbonyl (C=O) groups excluding carboxylic acids is 3. The second-order valence-corrected chi connectivity index (χ2v) is 6.39. The predicted octanol–water partition coefficient (Wildman–Crippen LogP) is 2.08. The molecule has 2 heterocycles. The second-order valence-electron chi connectivity index (χ2n) is 5.15. The maximum atomic E-state index is 12.0. The number of thiazole rings is 1. The molecule has 114 valence electrons. The van der Waals surface area contributed by atoms with Crippen molar-refractivity contribution < 1.29 is 14.4 Å². The summed E-state index contributed by atoms with van der Waals surface area (Å²) in [5.74, 6) is -0.605. The van der Waals surface area contributed by atoms with Crippen LogP contribution in [0.5, 0.6) is 0 Å². The molecule has 0 aliphatic carbocycles. The van der Waals surface area contributed by atoms with Gasteiger partial charge in [-0.25, -0.2) is 4.98 Å². The van der Waals surface area contributed by atoms with E-state index in [9.17, 15) is 14.4 Å². The maximum Gasteiger partial charge on any atom is 0.229 e.